The van der Waals surface area contributed by atoms with Crippen LogP contribution in [0, 0.1) is 5.82 Å². The second-order valence-electron chi connectivity index (χ2n) is 7.36. The molecule has 3 rings (SSSR count). The maximum atomic E-state index is 13.2. The van der Waals surface area contributed by atoms with Crippen molar-refractivity contribution in [3.05, 3.63) is 65.5 Å². The lowest BCUT2D eigenvalue weighted by molar-refractivity contribution is -0.126. The summed E-state index contributed by atoms with van der Waals surface area (Å²) < 4.78 is 13.0. The van der Waals surface area contributed by atoms with Crippen LogP contribution in [0.2, 0.25) is 0 Å². The van der Waals surface area contributed by atoms with Gasteiger partial charge in [-0.05, 0) is 55.6 Å². The Labute approximate surface area is 171 Å². The Morgan fingerprint density at radius 3 is 2.62 bits per heavy atom. The average molecular weight is 397 g/mol. The third kappa shape index (κ3) is 5.21. The predicted octanol–water partition coefficient (Wildman–Crippen LogP) is 3.13. The van der Waals surface area contributed by atoms with Gasteiger partial charge in [0, 0.05) is 18.8 Å². The first-order chi connectivity index (χ1) is 14.0. The third-order valence-electron chi connectivity index (χ3n) is 5.44. The molecule has 1 N–H and O–H groups in total. The lowest BCUT2D eigenvalue weighted by Crippen LogP contribution is -2.51. The minimum atomic E-state index is -0.400. The fraction of sp³-hybridized carbons (Fsp3) is 0.391. The lowest BCUT2D eigenvalue weighted by atomic mass is 10.0. The molecule has 0 fully saturated rings. The van der Waals surface area contributed by atoms with Crippen LogP contribution in [0.1, 0.15) is 31.4 Å². The van der Waals surface area contributed by atoms with Gasteiger partial charge in [-0.1, -0.05) is 37.3 Å². The summed E-state index contributed by atoms with van der Waals surface area (Å²) in [5.74, 6) is -0.441. The van der Waals surface area contributed by atoms with Crippen molar-refractivity contribution < 1.29 is 14.0 Å². The Morgan fingerprint density at radius 1 is 1.17 bits per heavy atom. The highest BCUT2D eigenvalue weighted by Gasteiger charge is 2.29. The summed E-state index contributed by atoms with van der Waals surface area (Å²) in [6, 6.07) is 13.7. The molecule has 154 valence electrons. The van der Waals surface area contributed by atoms with Crippen LogP contribution in [0.25, 0.3) is 0 Å². The van der Waals surface area contributed by atoms with Gasteiger partial charge >= 0.3 is 0 Å². The van der Waals surface area contributed by atoms with Crippen molar-refractivity contribution in [1.82, 2.24) is 10.2 Å². The number of hydrogen-bond donors (Lipinski definition) is 1. The maximum Gasteiger partial charge on any atom is 0.244 e. The Bertz CT molecular complexity index is 853. The van der Waals surface area contributed by atoms with Gasteiger partial charge in [0.15, 0.2) is 0 Å². The number of halogens is 1. The SMILES string of the molecule is CCN(CC(=O)NCc1ccc(F)cc1)C(C)C(=O)N1CCCc2ccccc21. The van der Waals surface area contributed by atoms with Gasteiger partial charge in [-0.3, -0.25) is 14.5 Å². The van der Waals surface area contributed by atoms with Gasteiger partial charge < -0.3 is 10.2 Å². The summed E-state index contributed by atoms with van der Waals surface area (Å²) in [6.07, 6.45) is 1.93. The van der Waals surface area contributed by atoms with Crippen LogP contribution in [-0.4, -0.2) is 42.4 Å². The molecular weight excluding hydrogens is 369 g/mol. The number of likely N-dealkylation sites (N-methyl/N-ethyl adjacent to an activating group) is 1. The Balaban J connectivity index is 1.59. The fourth-order valence-corrected chi connectivity index (χ4v) is 3.71. The van der Waals surface area contributed by atoms with Gasteiger partial charge in [-0.2, -0.15) is 0 Å². The zero-order valence-corrected chi connectivity index (χ0v) is 17.0. The first kappa shape index (κ1) is 21.0. The number of carbonyl (C=O) groups excluding carboxylic acids is 2. The first-order valence-corrected chi connectivity index (χ1v) is 10.1. The van der Waals surface area contributed by atoms with Crippen molar-refractivity contribution >= 4 is 17.5 Å². The molecule has 2 aromatic rings. The molecule has 1 heterocycles. The van der Waals surface area contributed by atoms with E-state index < -0.39 is 6.04 Å². The van der Waals surface area contributed by atoms with Crippen molar-refractivity contribution in [2.24, 2.45) is 0 Å². The van der Waals surface area contributed by atoms with E-state index in [1.54, 1.807) is 12.1 Å². The average Bonchev–Trinajstić information content (AvgIpc) is 2.75. The van der Waals surface area contributed by atoms with Gasteiger partial charge in [-0.25, -0.2) is 4.39 Å². The second kappa shape index (κ2) is 9.65. The molecule has 1 unspecified atom stereocenters. The summed E-state index contributed by atoms with van der Waals surface area (Å²) in [7, 11) is 0. The standard InChI is InChI=1S/C23H28FN3O2/c1-3-26(16-22(28)25-15-18-10-12-20(24)13-11-18)17(2)23(29)27-14-6-8-19-7-4-5-9-21(19)27/h4-5,7,9-13,17H,3,6,8,14-16H2,1-2H3,(H,25,28). The van der Waals surface area contributed by atoms with Crippen LogP contribution in [0.5, 0.6) is 0 Å². The highest BCUT2D eigenvalue weighted by Crippen LogP contribution is 2.27. The van der Waals surface area contributed by atoms with Gasteiger partial charge in [-0.15, -0.1) is 0 Å². The van der Waals surface area contributed by atoms with Crippen LogP contribution >= 0.6 is 0 Å². The zero-order chi connectivity index (χ0) is 20.8. The monoisotopic (exact) mass is 397 g/mol. The number of para-hydroxylation sites is 1. The fourth-order valence-electron chi connectivity index (χ4n) is 3.71. The summed E-state index contributed by atoms with van der Waals surface area (Å²) in [6.45, 7) is 5.57. The molecule has 1 aliphatic heterocycles. The molecule has 6 heteroatoms. The Morgan fingerprint density at radius 2 is 1.90 bits per heavy atom. The van der Waals surface area contributed by atoms with E-state index in [0.717, 1.165) is 24.1 Å². The van der Waals surface area contributed by atoms with Crippen LogP contribution in [0.4, 0.5) is 10.1 Å². The summed E-state index contributed by atoms with van der Waals surface area (Å²) in [5, 5.41) is 2.84. The highest BCUT2D eigenvalue weighted by atomic mass is 19.1. The molecule has 5 nitrogen and oxygen atoms in total. The van der Waals surface area contributed by atoms with Crippen molar-refractivity contribution in [3.63, 3.8) is 0 Å². The number of rotatable bonds is 7. The molecule has 0 spiro atoms. The van der Waals surface area contributed by atoms with Crippen molar-refractivity contribution in [2.45, 2.75) is 39.3 Å². The van der Waals surface area contributed by atoms with E-state index in [2.05, 4.69) is 11.4 Å². The number of aryl methyl sites for hydroxylation is 1. The minimum Gasteiger partial charge on any atom is -0.351 e. The van der Waals surface area contributed by atoms with Crippen LogP contribution in [-0.2, 0) is 22.6 Å². The number of nitrogens with one attached hydrogen (secondary N) is 1. The van der Waals surface area contributed by atoms with Gasteiger partial charge in [0.25, 0.3) is 0 Å². The van der Waals surface area contributed by atoms with E-state index in [9.17, 15) is 14.0 Å². The normalized spacial score (nSPS) is 14.4. The van der Waals surface area contributed by atoms with Crippen LogP contribution in [0.3, 0.4) is 0 Å². The molecular formula is C23H28FN3O2. The molecule has 0 bridgehead atoms. The first-order valence-electron chi connectivity index (χ1n) is 10.1. The maximum absolute atomic E-state index is 13.2. The number of anilines is 1. The van der Waals surface area contributed by atoms with Crippen molar-refractivity contribution in [3.8, 4) is 0 Å². The molecule has 0 saturated carbocycles. The van der Waals surface area contributed by atoms with Crippen molar-refractivity contribution in [2.75, 3.05) is 24.5 Å². The number of nitrogens with zero attached hydrogens (tertiary/aromatic N) is 2. The number of amides is 2. The largest absolute Gasteiger partial charge is 0.351 e. The Hall–Kier alpha value is -2.73. The molecule has 2 amide bonds. The van der Waals surface area contributed by atoms with E-state index in [1.807, 2.05) is 41.8 Å². The van der Waals surface area contributed by atoms with E-state index >= 15 is 0 Å². The minimum absolute atomic E-state index is 0.0188. The Kier molecular flexibility index (Phi) is 6.99. The molecule has 0 aliphatic carbocycles. The van der Waals surface area contributed by atoms with Crippen molar-refractivity contribution in [1.29, 1.82) is 0 Å². The van der Waals surface area contributed by atoms with E-state index in [1.165, 1.54) is 17.7 Å². The molecule has 29 heavy (non-hydrogen) atoms. The van der Waals surface area contributed by atoms with Crippen LogP contribution in [0.15, 0.2) is 48.5 Å². The number of carbonyl (C=O) groups is 2. The van der Waals surface area contributed by atoms with Gasteiger partial charge in [0.2, 0.25) is 11.8 Å². The van der Waals surface area contributed by atoms with E-state index in [-0.39, 0.29) is 24.2 Å². The molecule has 1 aliphatic rings. The smallest absolute Gasteiger partial charge is 0.244 e. The second-order valence-corrected chi connectivity index (χ2v) is 7.36. The zero-order valence-electron chi connectivity index (χ0n) is 17.0. The molecule has 2 aromatic carbocycles. The summed E-state index contributed by atoms with van der Waals surface area (Å²) >= 11 is 0. The lowest BCUT2D eigenvalue weighted by Gasteiger charge is -2.35. The van der Waals surface area contributed by atoms with E-state index in [0.29, 0.717) is 19.6 Å². The predicted molar refractivity (Wildman–Crippen MR) is 112 cm³/mol. The molecule has 1 atom stereocenters. The summed E-state index contributed by atoms with van der Waals surface area (Å²) in [5.41, 5.74) is 3.00. The van der Waals surface area contributed by atoms with E-state index in [4.69, 9.17) is 0 Å². The van der Waals surface area contributed by atoms with Crippen LogP contribution < -0.4 is 10.2 Å². The number of hydrogen-bond acceptors (Lipinski definition) is 3. The molecule has 0 saturated heterocycles. The number of benzene rings is 2. The molecule has 0 aromatic heterocycles. The number of fused-ring (bicyclic) bond motifs is 1. The molecule has 0 radical (unpaired) electrons. The highest BCUT2D eigenvalue weighted by molar-refractivity contribution is 5.98. The van der Waals surface area contributed by atoms with Gasteiger partial charge in [0.1, 0.15) is 5.82 Å². The summed E-state index contributed by atoms with van der Waals surface area (Å²) in [4.78, 5) is 29.3. The van der Waals surface area contributed by atoms with Gasteiger partial charge in [0.05, 0.1) is 12.6 Å². The third-order valence-corrected chi connectivity index (χ3v) is 5.44. The topological polar surface area (TPSA) is 52.7 Å². The quantitative estimate of drug-likeness (QED) is 0.781.